The van der Waals surface area contributed by atoms with Gasteiger partial charge >= 0.3 is 6.36 Å². The van der Waals surface area contributed by atoms with Gasteiger partial charge in [0, 0.05) is 37.9 Å². The third-order valence-corrected chi connectivity index (χ3v) is 4.03. The second kappa shape index (κ2) is 6.69. The van der Waals surface area contributed by atoms with Crippen LogP contribution in [0.25, 0.3) is 0 Å². The first-order valence-electron chi connectivity index (χ1n) is 7.69. The van der Waals surface area contributed by atoms with E-state index in [1.165, 1.54) is 18.2 Å². The number of carbonyl (C=O) groups excluding carboxylic acids is 1. The lowest BCUT2D eigenvalue weighted by atomic mass is 10.2. The number of ether oxygens (including phenoxy) is 1. The van der Waals surface area contributed by atoms with Gasteiger partial charge in [-0.05, 0) is 12.1 Å². The second-order valence-electron chi connectivity index (χ2n) is 5.73. The molecule has 0 saturated carbocycles. The number of benzene rings is 1. The van der Waals surface area contributed by atoms with Crippen molar-refractivity contribution in [3.63, 3.8) is 0 Å². The highest BCUT2D eigenvalue weighted by atomic mass is 19.4. The molecule has 0 radical (unpaired) electrons. The average molecular weight is 358 g/mol. The molecule has 2 aliphatic rings. The Morgan fingerprint density at radius 2 is 1.92 bits per heavy atom. The number of carbonyl (C=O) groups is 1. The summed E-state index contributed by atoms with van der Waals surface area (Å²) in [4.78, 5) is 20.0. The van der Waals surface area contributed by atoms with Crippen LogP contribution in [0, 0.1) is 0 Å². The van der Waals surface area contributed by atoms with Crippen molar-refractivity contribution >= 4 is 17.4 Å². The van der Waals surface area contributed by atoms with E-state index in [9.17, 15) is 18.0 Å². The number of piperazine rings is 1. The lowest BCUT2D eigenvalue weighted by Gasteiger charge is -2.36. The van der Waals surface area contributed by atoms with Gasteiger partial charge in [-0.2, -0.15) is 0 Å². The molecule has 1 fully saturated rings. The van der Waals surface area contributed by atoms with Crippen LogP contribution in [0.2, 0.25) is 0 Å². The molecule has 1 atom stereocenters. The molecule has 3 rings (SSSR count). The summed E-state index contributed by atoms with van der Waals surface area (Å²) in [6, 6.07) is 5.89. The van der Waals surface area contributed by atoms with E-state index in [2.05, 4.69) is 9.89 Å². The first-order chi connectivity index (χ1) is 11.8. The highest BCUT2D eigenvalue weighted by molar-refractivity contribution is 5.91. The topological polar surface area (TPSA) is 80.4 Å². The lowest BCUT2D eigenvalue weighted by molar-refractivity contribution is -0.274. The van der Waals surface area contributed by atoms with E-state index in [-0.39, 0.29) is 5.75 Å². The van der Waals surface area contributed by atoms with Gasteiger partial charge in [0.1, 0.15) is 11.6 Å². The third kappa shape index (κ3) is 4.25. The Morgan fingerprint density at radius 3 is 2.52 bits per heavy atom. The van der Waals surface area contributed by atoms with E-state index in [4.69, 9.17) is 10.6 Å². The van der Waals surface area contributed by atoms with Crippen molar-refractivity contribution in [3.8, 4) is 5.75 Å². The number of oxime groups is 1. The van der Waals surface area contributed by atoms with Gasteiger partial charge in [-0.1, -0.05) is 11.2 Å². The fraction of sp³-hybridized carbons (Fsp3) is 0.467. The number of hydrogen-bond acceptors (Lipinski definition) is 6. The molecule has 0 spiro atoms. The summed E-state index contributed by atoms with van der Waals surface area (Å²) in [5.74, 6) is -0.137. The molecule has 0 bridgehead atoms. The molecule has 1 saturated heterocycles. The number of hydrogen-bond donors (Lipinski definition) is 1. The predicted molar refractivity (Wildman–Crippen MR) is 83.0 cm³/mol. The van der Waals surface area contributed by atoms with Crippen molar-refractivity contribution < 1.29 is 27.5 Å². The van der Waals surface area contributed by atoms with Crippen LogP contribution in [-0.2, 0) is 9.63 Å². The quantitative estimate of drug-likeness (QED) is 0.881. The van der Waals surface area contributed by atoms with Crippen LogP contribution in [0.1, 0.15) is 6.42 Å². The van der Waals surface area contributed by atoms with E-state index in [1.54, 1.807) is 6.07 Å². The first-order valence-corrected chi connectivity index (χ1v) is 7.69. The number of alkyl halides is 3. The molecule has 2 aliphatic heterocycles. The lowest BCUT2D eigenvalue weighted by Crippen LogP contribution is -2.49. The van der Waals surface area contributed by atoms with Crippen LogP contribution in [-0.4, -0.2) is 55.3 Å². The van der Waals surface area contributed by atoms with Crippen molar-refractivity contribution in [2.24, 2.45) is 10.9 Å². The molecule has 1 aromatic rings. The van der Waals surface area contributed by atoms with Gasteiger partial charge in [-0.3, -0.25) is 4.79 Å². The molecule has 1 unspecified atom stereocenters. The standard InChI is InChI=1S/C15H17F3N4O3/c16-15(17,18)24-11-3-1-2-10(8-11)21-4-6-22(7-5-21)13-9-12(14(19)23)25-20-13/h1-3,8,12H,4-7,9H2,(H2,19,23). The van der Waals surface area contributed by atoms with E-state index >= 15 is 0 Å². The van der Waals surface area contributed by atoms with Gasteiger partial charge in [0.2, 0.25) is 6.10 Å². The summed E-state index contributed by atoms with van der Waals surface area (Å²) >= 11 is 0. The maximum atomic E-state index is 12.3. The van der Waals surface area contributed by atoms with Crippen LogP contribution in [0.3, 0.4) is 0 Å². The Balaban J connectivity index is 1.58. The zero-order valence-electron chi connectivity index (χ0n) is 13.2. The first kappa shape index (κ1) is 17.2. The SMILES string of the molecule is NC(=O)C1CC(N2CCN(c3cccc(OC(F)(F)F)c3)CC2)=NO1. The van der Waals surface area contributed by atoms with Crippen LogP contribution in [0.15, 0.2) is 29.4 Å². The molecule has 1 amide bonds. The van der Waals surface area contributed by atoms with E-state index in [1.807, 2.05) is 9.80 Å². The average Bonchev–Trinajstić information content (AvgIpc) is 3.04. The predicted octanol–water partition coefficient (Wildman–Crippen LogP) is 1.29. The highest BCUT2D eigenvalue weighted by Gasteiger charge is 2.32. The van der Waals surface area contributed by atoms with Crippen molar-refractivity contribution in [1.29, 1.82) is 0 Å². The van der Waals surface area contributed by atoms with E-state index in [0.29, 0.717) is 44.1 Å². The van der Waals surface area contributed by atoms with Gasteiger partial charge in [-0.25, -0.2) is 0 Å². The molecule has 2 heterocycles. The van der Waals surface area contributed by atoms with E-state index in [0.717, 1.165) is 0 Å². The maximum absolute atomic E-state index is 12.3. The molecular formula is C15H17F3N4O3. The Kier molecular flexibility index (Phi) is 4.60. The highest BCUT2D eigenvalue weighted by Crippen LogP contribution is 2.27. The summed E-state index contributed by atoms with van der Waals surface area (Å²) in [6.45, 7) is 2.40. The van der Waals surface area contributed by atoms with Gasteiger partial charge in [0.05, 0.1) is 6.42 Å². The number of anilines is 1. The fourth-order valence-electron chi connectivity index (χ4n) is 2.80. The van der Waals surface area contributed by atoms with Crippen LogP contribution >= 0.6 is 0 Å². The minimum Gasteiger partial charge on any atom is -0.406 e. The minimum atomic E-state index is -4.71. The number of rotatable bonds is 3. The molecule has 2 N–H and O–H groups in total. The molecule has 1 aromatic carbocycles. The Hall–Kier alpha value is -2.65. The molecule has 25 heavy (non-hydrogen) atoms. The Labute approximate surface area is 141 Å². The summed E-state index contributed by atoms with van der Waals surface area (Å²) in [6.07, 6.45) is -5.11. The molecular weight excluding hydrogens is 341 g/mol. The number of halogens is 3. The van der Waals surface area contributed by atoms with Crippen LogP contribution in [0.5, 0.6) is 5.75 Å². The van der Waals surface area contributed by atoms with Crippen molar-refractivity contribution in [2.45, 2.75) is 18.9 Å². The van der Waals surface area contributed by atoms with Gasteiger partial charge in [-0.15, -0.1) is 13.2 Å². The fourth-order valence-corrected chi connectivity index (χ4v) is 2.80. The van der Waals surface area contributed by atoms with Crippen molar-refractivity contribution in [1.82, 2.24) is 4.90 Å². The zero-order valence-corrected chi connectivity index (χ0v) is 13.2. The monoisotopic (exact) mass is 358 g/mol. The maximum Gasteiger partial charge on any atom is 0.573 e. The summed E-state index contributed by atoms with van der Waals surface area (Å²) in [5, 5.41) is 3.89. The van der Waals surface area contributed by atoms with Crippen molar-refractivity contribution in [3.05, 3.63) is 24.3 Å². The summed E-state index contributed by atoms with van der Waals surface area (Å²) < 4.78 is 40.9. The molecule has 7 nitrogen and oxygen atoms in total. The summed E-state index contributed by atoms with van der Waals surface area (Å²) in [7, 11) is 0. The van der Waals surface area contributed by atoms with Crippen molar-refractivity contribution in [2.75, 3.05) is 31.1 Å². The summed E-state index contributed by atoms with van der Waals surface area (Å²) in [5.41, 5.74) is 5.84. The molecule has 136 valence electrons. The number of nitrogens with zero attached hydrogens (tertiary/aromatic N) is 3. The van der Waals surface area contributed by atoms with E-state index < -0.39 is 18.4 Å². The Morgan fingerprint density at radius 1 is 1.24 bits per heavy atom. The Bertz CT molecular complexity index is 672. The molecule has 10 heteroatoms. The second-order valence-corrected chi connectivity index (χ2v) is 5.73. The van der Waals surface area contributed by atoms with Gasteiger partial charge < -0.3 is 25.1 Å². The molecule has 0 aliphatic carbocycles. The van der Waals surface area contributed by atoms with Crippen LogP contribution in [0.4, 0.5) is 18.9 Å². The number of primary amides is 1. The third-order valence-electron chi connectivity index (χ3n) is 4.03. The van der Waals surface area contributed by atoms with Gasteiger partial charge in [0.25, 0.3) is 5.91 Å². The smallest absolute Gasteiger partial charge is 0.406 e. The van der Waals surface area contributed by atoms with Gasteiger partial charge in [0.15, 0.2) is 0 Å². The zero-order chi connectivity index (χ0) is 18.0. The molecule has 0 aromatic heterocycles. The van der Waals surface area contributed by atoms with Crippen LogP contribution < -0.4 is 15.4 Å². The number of amidine groups is 1. The number of nitrogens with two attached hydrogens (primary N) is 1. The normalized spacial score (nSPS) is 20.9. The number of amides is 1. The minimum absolute atomic E-state index is 0.245. The largest absolute Gasteiger partial charge is 0.573 e.